The molecular formula is C17H13NO2S. The molecule has 0 aliphatic carbocycles. The highest BCUT2D eigenvalue weighted by atomic mass is 32.1. The molecule has 1 heterocycles. The van der Waals surface area contributed by atoms with Gasteiger partial charge in [0.25, 0.3) is 0 Å². The summed E-state index contributed by atoms with van der Waals surface area (Å²) < 4.78 is 6.39. The molecule has 0 saturated heterocycles. The summed E-state index contributed by atoms with van der Waals surface area (Å²) in [6.45, 7) is 5.31. The highest BCUT2D eigenvalue weighted by Gasteiger charge is 2.10. The Balaban J connectivity index is 2.03. The number of aryl methyl sites for hydroxylation is 1. The Hall–Kier alpha value is -2.46. The number of benzene rings is 2. The van der Waals surface area contributed by atoms with E-state index in [4.69, 9.17) is 4.74 Å². The summed E-state index contributed by atoms with van der Waals surface area (Å²) in [5, 5.41) is 0.909. The number of para-hydroxylation sites is 1. The number of carbonyl (C=O) groups is 1. The highest BCUT2D eigenvalue weighted by molar-refractivity contribution is 7.21. The van der Waals surface area contributed by atoms with Crippen molar-refractivity contribution in [2.24, 2.45) is 0 Å². The fourth-order valence-electron chi connectivity index (χ4n) is 1.99. The number of carbonyl (C=O) groups excluding carboxylic acids is 1. The molecule has 3 nitrogen and oxygen atoms in total. The maximum absolute atomic E-state index is 11.4. The van der Waals surface area contributed by atoms with Crippen LogP contribution in [-0.2, 0) is 4.79 Å². The van der Waals surface area contributed by atoms with Crippen LogP contribution in [0, 0.1) is 6.92 Å². The van der Waals surface area contributed by atoms with E-state index in [1.54, 1.807) is 11.3 Å². The normalized spacial score (nSPS) is 10.5. The van der Waals surface area contributed by atoms with Crippen LogP contribution in [0.1, 0.15) is 5.56 Å². The van der Waals surface area contributed by atoms with Gasteiger partial charge in [0.1, 0.15) is 10.8 Å². The second-order valence-electron chi connectivity index (χ2n) is 4.59. The van der Waals surface area contributed by atoms with Crippen LogP contribution in [0.5, 0.6) is 5.75 Å². The second-order valence-corrected chi connectivity index (χ2v) is 5.62. The molecule has 0 unspecified atom stereocenters. The Labute approximate surface area is 126 Å². The quantitative estimate of drug-likeness (QED) is 0.409. The first-order chi connectivity index (χ1) is 10.2. The largest absolute Gasteiger partial charge is 0.423 e. The molecule has 21 heavy (non-hydrogen) atoms. The van der Waals surface area contributed by atoms with Gasteiger partial charge >= 0.3 is 5.97 Å². The molecule has 0 atom stereocenters. The number of nitrogens with zero attached hydrogens (tertiary/aromatic N) is 1. The summed E-state index contributed by atoms with van der Waals surface area (Å²) in [5.41, 5.74) is 2.81. The van der Waals surface area contributed by atoms with Crippen molar-refractivity contribution in [3.63, 3.8) is 0 Å². The fraction of sp³-hybridized carbons (Fsp3) is 0.0588. The molecule has 2 aromatic carbocycles. The van der Waals surface area contributed by atoms with Gasteiger partial charge in [0.2, 0.25) is 0 Å². The molecule has 4 heteroatoms. The monoisotopic (exact) mass is 295 g/mol. The number of aromatic nitrogens is 1. The third kappa shape index (κ3) is 2.71. The summed E-state index contributed by atoms with van der Waals surface area (Å²) >= 11 is 1.62. The van der Waals surface area contributed by atoms with Gasteiger partial charge in [-0.2, -0.15) is 0 Å². The van der Waals surface area contributed by atoms with Gasteiger partial charge in [-0.25, -0.2) is 9.78 Å². The van der Waals surface area contributed by atoms with Gasteiger partial charge in [0, 0.05) is 11.6 Å². The van der Waals surface area contributed by atoms with Crippen molar-refractivity contribution in [1.82, 2.24) is 4.98 Å². The number of rotatable bonds is 3. The van der Waals surface area contributed by atoms with Crippen LogP contribution in [0.4, 0.5) is 0 Å². The van der Waals surface area contributed by atoms with Crippen LogP contribution in [0.15, 0.2) is 55.1 Å². The molecule has 104 valence electrons. The van der Waals surface area contributed by atoms with Gasteiger partial charge < -0.3 is 4.74 Å². The lowest BCUT2D eigenvalue weighted by Crippen LogP contribution is -2.04. The zero-order valence-corrected chi connectivity index (χ0v) is 12.3. The number of ether oxygens (including phenoxy) is 1. The third-order valence-electron chi connectivity index (χ3n) is 3.11. The molecule has 0 aliphatic heterocycles. The number of esters is 1. The lowest BCUT2D eigenvalue weighted by molar-refractivity contribution is -0.129. The molecule has 0 saturated carbocycles. The van der Waals surface area contributed by atoms with Crippen LogP contribution < -0.4 is 4.74 Å². The van der Waals surface area contributed by atoms with E-state index >= 15 is 0 Å². The topological polar surface area (TPSA) is 39.2 Å². The van der Waals surface area contributed by atoms with Crippen molar-refractivity contribution < 1.29 is 9.53 Å². The Morgan fingerprint density at radius 2 is 2.10 bits per heavy atom. The SMILES string of the molecule is C=CC(=O)Oc1cc(-c2nc3ccccc3s2)ccc1C. The first-order valence-corrected chi connectivity index (χ1v) is 7.30. The summed E-state index contributed by atoms with van der Waals surface area (Å²) in [6, 6.07) is 13.8. The second kappa shape index (κ2) is 5.50. The molecule has 0 N–H and O–H groups in total. The molecule has 3 rings (SSSR count). The van der Waals surface area contributed by atoms with Crippen molar-refractivity contribution in [2.45, 2.75) is 6.92 Å². The van der Waals surface area contributed by atoms with Gasteiger partial charge in [-0.3, -0.25) is 0 Å². The minimum Gasteiger partial charge on any atom is -0.423 e. The summed E-state index contributed by atoms with van der Waals surface area (Å²) in [6.07, 6.45) is 1.16. The number of thiazole rings is 1. The number of fused-ring (bicyclic) bond motifs is 1. The summed E-state index contributed by atoms with van der Waals surface area (Å²) in [7, 11) is 0. The highest BCUT2D eigenvalue weighted by Crippen LogP contribution is 2.33. The minimum absolute atomic E-state index is 0.459. The van der Waals surface area contributed by atoms with Crippen LogP contribution >= 0.6 is 11.3 Å². The average molecular weight is 295 g/mol. The number of hydrogen-bond acceptors (Lipinski definition) is 4. The predicted octanol–water partition coefficient (Wildman–Crippen LogP) is 4.36. The van der Waals surface area contributed by atoms with Crippen molar-refractivity contribution in [3.05, 3.63) is 60.7 Å². The van der Waals surface area contributed by atoms with Gasteiger partial charge in [0.05, 0.1) is 10.2 Å². The smallest absolute Gasteiger partial charge is 0.335 e. The van der Waals surface area contributed by atoms with Crippen LogP contribution in [0.3, 0.4) is 0 Å². The molecule has 0 fully saturated rings. The van der Waals surface area contributed by atoms with Crippen molar-refractivity contribution >= 4 is 27.5 Å². The molecule has 0 spiro atoms. The van der Waals surface area contributed by atoms with Gasteiger partial charge in [-0.1, -0.05) is 30.8 Å². The van der Waals surface area contributed by atoms with E-state index < -0.39 is 5.97 Å². The lowest BCUT2D eigenvalue weighted by atomic mass is 10.1. The Bertz CT molecular complexity index is 803. The summed E-state index contributed by atoms with van der Waals surface area (Å²) in [4.78, 5) is 16.0. The zero-order valence-electron chi connectivity index (χ0n) is 11.5. The Morgan fingerprint density at radius 3 is 2.86 bits per heavy atom. The van der Waals surface area contributed by atoms with E-state index in [2.05, 4.69) is 11.6 Å². The Kier molecular flexibility index (Phi) is 3.54. The van der Waals surface area contributed by atoms with E-state index in [0.29, 0.717) is 5.75 Å². The van der Waals surface area contributed by atoms with Crippen LogP contribution in [-0.4, -0.2) is 11.0 Å². The van der Waals surface area contributed by atoms with Crippen LogP contribution in [0.2, 0.25) is 0 Å². The average Bonchev–Trinajstić information content (AvgIpc) is 2.93. The van der Waals surface area contributed by atoms with Gasteiger partial charge in [-0.05, 0) is 30.7 Å². The first-order valence-electron chi connectivity index (χ1n) is 6.48. The van der Waals surface area contributed by atoms with Crippen molar-refractivity contribution in [3.8, 4) is 16.3 Å². The van der Waals surface area contributed by atoms with Gasteiger partial charge in [0.15, 0.2) is 0 Å². The van der Waals surface area contributed by atoms with Gasteiger partial charge in [-0.15, -0.1) is 11.3 Å². The molecule has 0 bridgehead atoms. The van der Waals surface area contributed by atoms with Crippen molar-refractivity contribution in [2.75, 3.05) is 0 Å². The predicted molar refractivity (Wildman–Crippen MR) is 85.6 cm³/mol. The van der Waals surface area contributed by atoms with E-state index in [0.717, 1.165) is 32.4 Å². The molecular weight excluding hydrogens is 282 g/mol. The standard InChI is InChI=1S/C17H13NO2S/c1-3-16(19)20-14-10-12(9-8-11(14)2)17-18-13-6-4-5-7-15(13)21-17/h3-10H,1H2,2H3. The van der Waals surface area contributed by atoms with Crippen LogP contribution in [0.25, 0.3) is 20.8 Å². The maximum Gasteiger partial charge on any atom is 0.335 e. The Morgan fingerprint density at radius 1 is 1.29 bits per heavy atom. The summed E-state index contributed by atoms with van der Waals surface area (Å²) in [5.74, 6) is 0.0798. The zero-order chi connectivity index (χ0) is 14.8. The molecule has 0 amide bonds. The molecule has 0 radical (unpaired) electrons. The molecule has 1 aromatic heterocycles. The van der Waals surface area contributed by atoms with E-state index in [1.807, 2.05) is 49.4 Å². The third-order valence-corrected chi connectivity index (χ3v) is 4.19. The first kappa shape index (κ1) is 13.5. The van der Waals surface area contributed by atoms with E-state index in [9.17, 15) is 4.79 Å². The van der Waals surface area contributed by atoms with E-state index in [1.165, 1.54) is 0 Å². The number of hydrogen-bond donors (Lipinski definition) is 0. The molecule has 3 aromatic rings. The van der Waals surface area contributed by atoms with E-state index in [-0.39, 0.29) is 0 Å². The van der Waals surface area contributed by atoms with Crippen molar-refractivity contribution in [1.29, 1.82) is 0 Å². The fourth-order valence-corrected chi connectivity index (χ4v) is 2.95. The minimum atomic E-state index is -0.459. The maximum atomic E-state index is 11.4. The lowest BCUT2D eigenvalue weighted by Gasteiger charge is -2.06. The molecule has 0 aliphatic rings.